The number of nitrogens with one attached hydrogen (secondary N) is 1. The molecule has 118 valence electrons. The maximum Gasteiger partial charge on any atom is 0.292 e. The Morgan fingerprint density at radius 1 is 1.48 bits per heavy atom. The molecule has 0 fully saturated rings. The average molecular weight is 329 g/mol. The molecule has 0 aliphatic carbocycles. The molecule has 23 heavy (non-hydrogen) atoms. The fourth-order valence-corrected chi connectivity index (χ4v) is 2.96. The number of thiophene rings is 1. The number of benzene rings is 1. The van der Waals surface area contributed by atoms with E-state index in [0.29, 0.717) is 17.7 Å². The second-order valence-electron chi connectivity index (χ2n) is 4.72. The van der Waals surface area contributed by atoms with Crippen LogP contribution in [0, 0.1) is 21.4 Å². The lowest BCUT2D eigenvalue weighted by Crippen LogP contribution is -2.12. The van der Waals surface area contributed by atoms with Gasteiger partial charge in [0.25, 0.3) is 5.69 Å². The first-order valence-electron chi connectivity index (χ1n) is 6.91. The summed E-state index contributed by atoms with van der Waals surface area (Å²) >= 11 is 1.53. The maximum absolute atomic E-state index is 11.3. The fourth-order valence-electron chi connectivity index (χ4n) is 2.15. The largest absolute Gasteiger partial charge is 0.396 e. The molecule has 6 nitrogen and oxygen atoms in total. The van der Waals surface area contributed by atoms with E-state index < -0.39 is 4.92 Å². The van der Waals surface area contributed by atoms with Crippen LogP contribution >= 0.6 is 11.3 Å². The molecule has 0 bridgehead atoms. The molecule has 0 saturated carbocycles. The minimum Gasteiger partial charge on any atom is -0.396 e. The van der Waals surface area contributed by atoms with Gasteiger partial charge in [-0.05, 0) is 35.6 Å². The molecule has 0 spiro atoms. The summed E-state index contributed by atoms with van der Waals surface area (Å²) < 4.78 is 0. The number of nitro benzene ring substituents is 1. The Balaban J connectivity index is 2.32. The third-order valence-corrected chi connectivity index (χ3v) is 4.19. The summed E-state index contributed by atoms with van der Waals surface area (Å²) in [4.78, 5) is 11.8. The molecule has 0 aliphatic rings. The van der Waals surface area contributed by atoms with Crippen LogP contribution in [0.25, 0.3) is 6.08 Å². The van der Waals surface area contributed by atoms with Crippen molar-refractivity contribution in [2.45, 2.75) is 12.5 Å². The zero-order valence-corrected chi connectivity index (χ0v) is 13.0. The Labute approximate surface area is 137 Å². The van der Waals surface area contributed by atoms with Crippen LogP contribution in [-0.2, 0) is 0 Å². The van der Waals surface area contributed by atoms with Crippen LogP contribution in [-0.4, -0.2) is 16.6 Å². The number of hydrogen-bond donors (Lipinski definition) is 2. The van der Waals surface area contributed by atoms with E-state index in [1.807, 2.05) is 23.6 Å². The van der Waals surface area contributed by atoms with Gasteiger partial charge in [0.15, 0.2) is 0 Å². The number of aliphatic hydroxyl groups excluding tert-OH is 1. The van der Waals surface area contributed by atoms with Crippen molar-refractivity contribution in [3.05, 3.63) is 62.3 Å². The predicted octanol–water partition coefficient (Wildman–Crippen LogP) is 3.73. The van der Waals surface area contributed by atoms with Gasteiger partial charge in [-0.15, -0.1) is 11.3 Å². The molecule has 0 amide bonds. The van der Waals surface area contributed by atoms with Crippen molar-refractivity contribution in [1.29, 1.82) is 5.26 Å². The number of hydrogen-bond acceptors (Lipinski definition) is 6. The van der Waals surface area contributed by atoms with Crippen LogP contribution < -0.4 is 5.32 Å². The third kappa shape index (κ3) is 4.39. The van der Waals surface area contributed by atoms with Crippen molar-refractivity contribution >= 4 is 28.8 Å². The van der Waals surface area contributed by atoms with Crippen molar-refractivity contribution in [1.82, 2.24) is 0 Å². The third-order valence-electron chi connectivity index (χ3n) is 3.20. The van der Waals surface area contributed by atoms with E-state index in [1.165, 1.54) is 29.6 Å². The molecular weight excluding hydrogens is 314 g/mol. The second-order valence-corrected chi connectivity index (χ2v) is 5.70. The van der Waals surface area contributed by atoms with Crippen molar-refractivity contribution in [3.8, 4) is 6.07 Å². The highest BCUT2D eigenvalue weighted by atomic mass is 32.1. The second kappa shape index (κ2) is 8.08. The lowest BCUT2D eigenvalue weighted by Gasteiger charge is -2.18. The van der Waals surface area contributed by atoms with Crippen LogP contribution in [0.4, 0.5) is 11.4 Å². The molecule has 1 aromatic carbocycles. The zero-order valence-electron chi connectivity index (χ0n) is 12.2. The van der Waals surface area contributed by atoms with Gasteiger partial charge in [0.1, 0.15) is 5.69 Å². The summed E-state index contributed by atoms with van der Waals surface area (Å²) in [5.74, 6) is 0. The predicted molar refractivity (Wildman–Crippen MR) is 90.1 cm³/mol. The molecule has 1 atom stereocenters. The van der Waals surface area contributed by atoms with E-state index >= 15 is 0 Å². The average Bonchev–Trinajstić information content (AvgIpc) is 3.07. The Hall–Kier alpha value is -2.69. The Morgan fingerprint density at radius 2 is 2.30 bits per heavy atom. The van der Waals surface area contributed by atoms with Crippen LogP contribution in [0.3, 0.4) is 0 Å². The minimum atomic E-state index is -0.462. The first kappa shape index (κ1) is 16.7. The highest BCUT2D eigenvalue weighted by molar-refractivity contribution is 7.10. The normalized spacial score (nSPS) is 12.0. The molecule has 1 heterocycles. The highest BCUT2D eigenvalue weighted by Crippen LogP contribution is 2.32. The zero-order chi connectivity index (χ0) is 16.7. The van der Waals surface area contributed by atoms with Gasteiger partial charge in [0, 0.05) is 23.6 Å². The van der Waals surface area contributed by atoms with Crippen molar-refractivity contribution in [3.63, 3.8) is 0 Å². The van der Waals surface area contributed by atoms with Gasteiger partial charge in [-0.25, -0.2) is 0 Å². The monoisotopic (exact) mass is 329 g/mol. The number of allylic oxidation sites excluding steroid dienone is 1. The van der Waals surface area contributed by atoms with E-state index in [9.17, 15) is 15.2 Å². The van der Waals surface area contributed by atoms with Crippen LogP contribution in [0.2, 0.25) is 0 Å². The molecule has 7 heteroatoms. The van der Waals surface area contributed by atoms with Crippen LogP contribution in [0.5, 0.6) is 0 Å². The molecular formula is C16H15N3O3S. The maximum atomic E-state index is 11.3. The van der Waals surface area contributed by atoms with E-state index in [2.05, 4.69) is 5.32 Å². The molecule has 0 radical (unpaired) electrons. The number of aliphatic hydroxyl groups is 1. The number of nitrogens with zero attached hydrogens (tertiary/aromatic N) is 2. The number of anilines is 1. The number of rotatable bonds is 7. The summed E-state index contributed by atoms with van der Waals surface area (Å²) in [6.45, 7) is -0.0215. The molecule has 0 aliphatic heterocycles. The van der Waals surface area contributed by atoms with Gasteiger partial charge in [-0.3, -0.25) is 10.1 Å². The summed E-state index contributed by atoms with van der Waals surface area (Å²) in [7, 11) is 0. The quantitative estimate of drug-likeness (QED) is 0.458. The first-order chi connectivity index (χ1) is 11.2. The molecule has 0 saturated heterocycles. The summed E-state index contributed by atoms with van der Waals surface area (Å²) in [5.41, 5.74) is 0.902. The summed E-state index contributed by atoms with van der Waals surface area (Å²) in [6, 6.07) is 10.2. The smallest absolute Gasteiger partial charge is 0.292 e. The van der Waals surface area contributed by atoms with Crippen LogP contribution in [0.15, 0.2) is 41.8 Å². The van der Waals surface area contributed by atoms with Gasteiger partial charge < -0.3 is 10.4 Å². The SMILES string of the molecule is N#C/C=C\c1ccc(N[C@@H](CCO)c2cccs2)c([N+](=O)[O-])c1. The van der Waals surface area contributed by atoms with Gasteiger partial charge in [0.2, 0.25) is 0 Å². The van der Waals surface area contributed by atoms with E-state index in [-0.39, 0.29) is 18.3 Å². The van der Waals surface area contributed by atoms with Gasteiger partial charge in [0.05, 0.1) is 17.0 Å². The van der Waals surface area contributed by atoms with Gasteiger partial charge in [-0.2, -0.15) is 5.26 Å². The first-order valence-corrected chi connectivity index (χ1v) is 7.79. The number of nitro groups is 1. The van der Waals surface area contributed by atoms with Crippen LogP contribution in [0.1, 0.15) is 22.9 Å². The van der Waals surface area contributed by atoms with E-state index in [1.54, 1.807) is 12.1 Å². The van der Waals surface area contributed by atoms with E-state index in [4.69, 9.17) is 5.26 Å². The standard InChI is InChI=1S/C16H15N3O3S/c17-8-1-3-12-5-6-13(15(11-12)19(21)22)18-14(7-9-20)16-4-2-10-23-16/h1-6,10-11,14,18,20H,7,9H2/b3-1-/t14-/m0/s1. The number of nitriles is 1. The Morgan fingerprint density at radius 3 is 2.91 bits per heavy atom. The van der Waals surface area contributed by atoms with Crippen molar-refractivity contribution < 1.29 is 10.0 Å². The summed E-state index contributed by atoms with van der Waals surface area (Å²) in [6.07, 6.45) is 3.24. The Kier molecular flexibility index (Phi) is 5.86. The van der Waals surface area contributed by atoms with Crippen molar-refractivity contribution in [2.75, 3.05) is 11.9 Å². The van der Waals surface area contributed by atoms with Crippen molar-refractivity contribution in [2.24, 2.45) is 0 Å². The highest BCUT2D eigenvalue weighted by Gasteiger charge is 2.19. The molecule has 1 aromatic heterocycles. The fraction of sp³-hybridized carbons (Fsp3) is 0.188. The molecule has 2 aromatic rings. The van der Waals surface area contributed by atoms with Gasteiger partial charge in [-0.1, -0.05) is 12.1 Å². The topological polar surface area (TPSA) is 99.2 Å². The lowest BCUT2D eigenvalue weighted by molar-refractivity contribution is -0.384. The van der Waals surface area contributed by atoms with E-state index in [0.717, 1.165) is 4.88 Å². The minimum absolute atomic E-state index is 0.0215. The van der Waals surface area contributed by atoms with Gasteiger partial charge >= 0.3 is 0 Å². The molecule has 2 N–H and O–H groups in total. The summed E-state index contributed by atoms with van der Waals surface area (Å²) in [5, 5.41) is 34.1. The molecule has 0 unspecified atom stereocenters. The Bertz CT molecular complexity index is 736. The molecule has 2 rings (SSSR count). The lowest BCUT2D eigenvalue weighted by atomic mass is 10.1.